The molecule has 4 heterocycles. The largest absolute Gasteiger partial charge is 0.382 e. The molecule has 0 fully saturated rings. The number of amides is 1. The van der Waals surface area contributed by atoms with Gasteiger partial charge in [0.1, 0.15) is 11.2 Å². The van der Waals surface area contributed by atoms with Gasteiger partial charge in [-0.3, -0.25) is 18.8 Å². The molecule has 3 N–H and O–H groups in total. The van der Waals surface area contributed by atoms with Crippen molar-refractivity contribution >= 4 is 22.8 Å². The van der Waals surface area contributed by atoms with E-state index in [1.807, 2.05) is 6.07 Å². The fourth-order valence-electron chi connectivity index (χ4n) is 3.59. The Kier molecular flexibility index (Phi) is 5.71. The van der Waals surface area contributed by atoms with Gasteiger partial charge >= 0.3 is 0 Å². The lowest BCUT2D eigenvalue weighted by Crippen LogP contribution is -2.34. The number of nitrogens with zero attached hydrogens (tertiary/aromatic N) is 7. The highest BCUT2D eigenvalue weighted by Gasteiger charge is 2.24. The van der Waals surface area contributed by atoms with Crippen molar-refractivity contribution in [3.63, 3.8) is 0 Å². The number of fused-ring (bicyclic) bond motifs is 1. The van der Waals surface area contributed by atoms with Gasteiger partial charge in [-0.15, -0.1) is 0 Å². The summed E-state index contributed by atoms with van der Waals surface area (Å²) in [4.78, 5) is 38.9. The predicted octanol–water partition coefficient (Wildman–Crippen LogP) is 1.37. The molecule has 5 aromatic rings. The summed E-state index contributed by atoms with van der Waals surface area (Å²) in [6.07, 6.45) is 6.09. The molecule has 1 aromatic carbocycles. The summed E-state index contributed by atoms with van der Waals surface area (Å²) in [6, 6.07) is 8.16. The number of nitrogens with two attached hydrogens (primary N) is 1. The Morgan fingerprint density at radius 1 is 1.17 bits per heavy atom. The molecule has 12 nitrogen and oxygen atoms in total. The standard InChI is InChI=1S/C24H19N9O3/c1-14(29-22(34)19-20(25)27-11-10-26-19)21-30-23-18(24(35)33(21)16-6-4-3-5-7-16)17(31-36-23)9-8-15-12-28-32(2)13-15/h3-7,10-14H,1-2H3,(H2,25,27)(H,29,34)/t14-/m0/s1. The zero-order valence-electron chi connectivity index (χ0n) is 19.2. The quantitative estimate of drug-likeness (QED) is 0.361. The summed E-state index contributed by atoms with van der Waals surface area (Å²) in [7, 11) is 1.78. The van der Waals surface area contributed by atoms with Crippen molar-refractivity contribution in [2.45, 2.75) is 13.0 Å². The molecule has 36 heavy (non-hydrogen) atoms. The monoisotopic (exact) mass is 481 g/mol. The van der Waals surface area contributed by atoms with Gasteiger partial charge in [-0.1, -0.05) is 29.3 Å². The molecule has 12 heteroatoms. The zero-order valence-corrected chi connectivity index (χ0v) is 19.2. The van der Waals surface area contributed by atoms with Gasteiger partial charge in [0.2, 0.25) is 0 Å². The minimum absolute atomic E-state index is 0.00205. The van der Waals surface area contributed by atoms with Gasteiger partial charge < -0.3 is 15.6 Å². The van der Waals surface area contributed by atoms with Crippen LogP contribution in [0, 0.1) is 11.8 Å². The first kappa shape index (κ1) is 22.5. The number of benzene rings is 1. The van der Waals surface area contributed by atoms with Gasteiger partial charge in [0, 0.05) is 25.6 Å². The number of nitrogens with one attached hydrogen (secondary N) is 1. The average molecular weight is 481 g/mol. The summed E-state index contributed by atoms with van der Waals surface area (Å²) >= 11 is 0. The van der Waals surface area contributed by atoms with Crippen LogP contribution in [0.15, 0.2) is 64.4 Å². The maximum atomic E-state index is 13.7. The maximum absolute atomic E-state index is 13.7. The van der Waals surface area contributed by atoms with Gasteiger partial charge in [-0.25, -0.2) is 9.97 Å². The molecule has 0 unspecified atom stereocenters. The Hall–Kier alpha value is -5.31. The van der Waals surface area contributed by atoms with E-state index in [1.54, 1.807) is 55.3 Å². The third-order valence-electron chi connectivity index (χ3n) is 5.26. The van der Waals surface area contributed by atoms with E-state index in [2.05, 4.69) is 42.4 Å². The summed E-state index contributed by atoms with van der Waals surface area (Å²) in [5.41, 5.74) is 6.64. The molecule has 0 aliphatic heterocycles. The molecule has 0 bridgehead atoms. The second-order valence-electron chi connectivity index (χ2n) is 7.80. The topological polar surface area (TPSA) is 160 Å². The third kappa shape index (κ3) is 4.16. The number of hydrogen-bond acceptors (Lipinski definition) is 9. The van der Waals surface area contributed by atoms with Crippen LogP contribution >= 0.6 is 0 Å². The first-order chi connectivity index (χ1) is 17.4. The van der Waals surface area contributed by atoms with E-state index in [4.69, 9.17) is 10.3 Å². The van der Waals surface area contributed by atoms with Crippen LogP contribution in [0.2, 0.25) is 0 Å². The number of para-hydroxylation sites is 1. The third-order valence-corrected chi connectivity index (χ3v) is 5.26. The van der Waals surface area contributed by atoms with Crippen LogP contribution in [0.25, 0.3) is 16.8 Å². The van der Waals surface area contributed by atoms with E-state index in [0.717, 1.165) is 0 Å². The fraction of sp³-hybridized carbons (Fsp3) is 0.125. The van der Waals surface area contributed by atoms with Crippen LogP contribution < -0.4 is 16.6 Å². The molecule has 5 rings (SSSR count). The highest BCUT2D eigenvalue weighted by atomic mass is 16.5. The van der Waals surface area contributed by atoms with Crippen LogP contribution in [0.1, 0.15) is 40.5 Å². The minimum Gasteiger partial charge on any atom is -0.382 e. The van der Waals surface area contributed by atoms with Crippen molar-refractivity contribution in [2.24, 2.45) is 7.05 Å². The molecule has 0 aliphatic carbocycles. The van der Waals surface area contributed by atoms with E-state index >= 15 is 0 Å². The number of rotatable bonds is 4. The van der Waals surface area contributed by atoms with Crippen LogP contribution in [0.3, 0.4) is 0 Å². The van der Waals surface area contributed by atoms with Crippen molar-refractivity contribution in [3.8, 4) is 17.5 Å². The predicted molar refractivity (Wildman–Crippen MR) is 129 cm³/mol. The second kappa shape index (κ2) is 9.15. The van der Waals surface area contributed by atoms with Crippen molar-refractivity contribution < 1.29 is 9.32 Å². The molecule has 0 radical (unpaired) electrons. The smallest absolute Gasteiger partial charge is 0.274 e. The minimum atomic E-state index is -0.744. The van der Waals surface area contributed by atoms with Crippen molar-refractivity contribution in [2.75, 3.05) is 5.73 Å². The highest BCUT2D eigenvalue weighted by molar-refractivity contribution is 5.96. The Morgan fingerprint density at radius 2 is 1.94 bits per heavy atom. The number of nitrogen functional groups attached to an aromatic ring is 1. The number of anilines is 1. The molecule has 0 saturated carbocycles. The zero-order chi connectivity index (χ0) is 25.2. The summed E-state index contributed by atoms with van der Waals surface area (Å²) < 4.78 is 8.37. The first-order valence-electron chi connectivity index (χ1n) is 10.8. The van der Waals surface area contributed by atoms with E-state index in [1.165, 1.54) is 17.0 Å². The lowest BCUT2D eigenvalue weighted by Gasteiger charge is -2.18. The lowest BCUT2D eigenvalue weighted by atomic mass is 10.2. The molecule has 1 amide bonds. The van der Waals surface area contributed by atoms with Gasteiger partial charge in [0.15, 0.2) is 17.2 Å². The Morgan fingerprint density at radius 3 is 2.67 bits per heavy atom. The van der Waals surface area contributed by atoms with Crippen LogP contribution in [0.5, 0.6) is 0 Å². The number of aryl methyl sites for hydroxylation is 1. The van der Waals surface area contributed by atoms with Gasteiger partial charge in [-0.2, -0.15) is 10.1 Å². The average Bonchev–Trinajstić information content (AvgIpc) is 3.49. The van der Waals surface area contributed by atoms with Gasteiger partial charge in [-0.05, 0) is 25.0 Å². The Bertz CT molecular complexity index is 1710. The van der Waals surface area contributed by atoms with Crippen LogP contribution in [-0.4, -0.2) is 40.4 Å². The second-order valence-corrected chi connectivity index (χ2v) is 7.80. The summed E-state index contributed by atoms with van der Waals surface area (Å²) in [6.45, 7) is 1.68. The molecular weight excluding hydrogens is 462 g/mol. The van der Waals surface area contributed by atoms with E-state index < -0.39 is 17.5 Å². The lowest BCUT2D eigenvalue weighted by molar-refractivity contribution is 0.0933. The molecule has 0 aliphatic rings. The molecule has 0 saturated heterocycles. The SMILES string of the molecule is C[C@H](NC(=O)c1nccnc1N)c1nc2onc(C#Cc3cnn(C)c3)c2c(=O)n1-c1ccccc1. The Balaban J connectivity index is 1.62. The van der Waals surface area contributed by atoms with Crippen molar-refractivity contribution in [1.82, 2.24) is 39.8 Å². The number of carbonyl (C=O) groups excluding carboxylic acids is 1. The van der Waals surface area contributed by atoms with Crippen LogP contribution in [0.4, 0.5) is 5.82 Å². The number of carbonyl (C=O) groups is 1. The van der Waals surface area contributed by atoms with E-state index in [9.17, 15) is 9.59 Å². The normalized spacial score (nSPS) is 11.6. The summed E-state index contributed by atoms with van der Waals surface area (Å²) in [5.74, 6) is 5.42. The molecule has 0 spiro atoms. The van der Waals surface area contributed by atoms with Gasteiger partial charge in [0.05, 0.1) is 23.5 Å². The maximum Gasteiger partial charge on any atom is 0.274 e. The van der Waals surface area contributed by atoms with E-state index in [0.29, 0.717) is 11.3 Å². The van der Waals surface area contributed by atoms with Gasteiger partial charge in [0.25, 0.3) is 17.2 Å². The van der Waals surface area contributed by atoms with Crippen molar-refractivity contribution in [3.05, 3.63) is 88.2 Å². The summed E-state index contributed by atoms with van der Waals surface area (Å²) in [5, 5.41) is 10.9. The number of hydrogen-bond donors (Lipinski definition) is 2. The molecule has 1 atom stereocenters. The van der Waals surface area contributed by atoms with E-state index in [-0.39, 0.29) is 34.1 Å². The molecule has 4 aromatic heterocycles. The van der Waals surface area contributed by atoms with Crippen molar-refractivity contribution in [1.29, 1.82) is 0 Å². The van der Waals surface area contributed by atoms with Crippen LogP contribution in [-0.2, 0) is 7.05 Å². The highest BCUT2D eigenvalue weighted by Crippen LogP contribution is 2.20. The fourth-order valence-corrected chi connectivity index (χ4v) is 3.59. The first-order valence-corrected chi connectivity index (χ1v) is 10.8. The molecular formula is C24H19N9O3. The molecule has 178 valence electrons. The number of aromatic nitrogens is 7. The Labute approximate surface area is 203 Å².